The number of esters is 2. The Morgan fingerprint density at radius 1 is 0.625 bits per heavy atom. The smallest absolute Gasteiger partial charge is 0.339 e. The first-order valence-corrected chi connectivity index (χ1v) is 14.8. The highest BCUT2D eigenvalue weighted by molar-refractivity contribution is 5.92. The van der Waals surface area contributed by atoms with E-state index in [2.05, 4.69) is 0 Å². The first-order valence-electron chi connectivity index (χ1n) is 14.8. The van der Waals surface area contributed by atoms with E-state index in [1.807, 2.05) is 30.3 Å². The third-order valence-corrected chi connectivity index (χ3v) is 7.87. The van der Waals surface area contributed by atoms with E-state index in [0.717, 1.165) is 5.56 Å². The van der Waals surface area contributed by atoms with Crippen molar-refractivity contribution < 1.29 is 66.4 Å². The zero-order valence-electron chi connectivity index (χ0n) is 27.6. The van der Waals surface area contributed by atoms with Crippen LogP contribution in [0.5, 0.6) is 34.5 Å². The second-order valence-corrected chi connectivity index (χ2v) is 10.5. The standard InChI is InChI=1S/C34H38O14/c1-37-21-13-19(14-22(38-2)26(21)41-5)31(35)46-29-28-25(17-44-33(48-28)18-11-9-8-10-12-18)45-34(43-7)30(29)47-32(36)20-15-23(39-3)27(42-6)24(16-20)40-4/h8-16,25,28-30,33-34H,17H2,1-7H3/t25-,28-,29+,30-,33-,34+/m1/s1. The zero-order chi connectivity index (χ0) is 34.4. The van der Waals surface area contributed by atoms with E-state index in [-0.39, 0.29) is 52.2 Å². The topological polar surface area (TPSA) is 145 Å². The molecule has 0 aromatic heterocycles. The number of fused-ring (bicyclic) bond motifs is 1. The molecule has 48 heavy (non-hydrogen) atoms. The molecule has 14 heteroatoms. The summed E-state index contributed by atoms with van der Waals surface area (Å²) < 4.78 is 68.7. The van der Waals surface area contributed by atoms with Crippen LogP contribution in [0.3, 0.4) is 0 Å². The molecule has 0 aliphatic carbocycles. The van der Waals surface area contributed by atoms with Crippen LogP contribution in [0, 0.1) is 0 Å². The first kappa shape index (κ1) is 34.6. The summed E-state index contributed by atoms with van der Waals surface area (Å²) >= 11 is 0. The van der Waals surface area contributed by atoms with Gasteiger partial charge in [0.25, 0.3) is 0 Å². The van der Waals surface area contributed by atoms with Gasteiger partial charge < -0.3 is 56.8 Å². The molecule has 0 unspecified atom stereocenters. The van der Waals surface area contributed by atoms with Crippen molar-refractivity contribution in [3.63, 3.8) is 0 Å². The molecule has 2 heterocycles. The first-order chi connectivity index (χ1) is 23.3. The Labute approximate surface area is 277 Å². The number of hydrogen-bond acceptors (Lipinski definition) is 14. The van der Waals surface area contributed by atoms with Gasteiger partial charge in [0, 0.05) is 12.7 Å². The van der Waals surface area contributed by atoms with Crippen molar-refractivity contribution >= 4 is 11.9 Å². The molecule has 0 N–H and O–H groups in total. The summed E-state index contributed by atoms with van der Waals surface area (Å²) in [5.41, 5.74) is 0.861. The van der Waals surface area contributed by atoms with Crippen molar-refractivity contribution in [1.29, 1.82) is 0 Å². The quantitative estimate of drug-likeness (QED) is 0.256. The Morgan fingerprint density at radius 2 is 1.10 bits per heavy atom. The monoisotopic (exact) mass is 670 g/mol. The number of rotatable bonds is 12. The van der Waals surface area contributed by atoms with Crippen molar-refractivity contribution in [3.8, 4) is 34.5 Å². The van der Waals surface area contributed by atoms with Crippen molar-refractivity contribution in [1.82, 2.24) is 0 Å². The average Bonchev–Trinajstić information content (AvgIpc) is 3.13. The van der Waals surface area contributed by atoms with E-state index >= 15 is 0 Å². The highest BCUT2D eigenvalue weighted by Crippen LogP contribution is 2.41. The highest BCUT2D eigenvalue weighted by atomic mass is 16.8. The summed E-state index contributed by atoms with van der Waals surface area (Å²) in [6.07, 6.45) is -6.30. The molecular weight excluding hydrogens is 632 g/mol. The minimum absolute atomic E-state index is 0.0613. The normalized spacial score (nSPS) is 23.2. The lowest BCUT2D eigenvalue weighted by Gasteiger charge is -2.47. The molecule has 2 fully saturated rings. The van der Waals surface area contributed by atoms with Gasteiger partial charge >= 0.3 is 11.9 Å². The minimum Gasteiger partial charge on any atom is -0.493 e. The number of carbonyl (C=O) groups excluding carboxylic acids is 2. The number of hydrogen-bond donors (Lipinski definition) is 0. The molecule has 3 aromatic carbocycles. The lowest BCUT2D eigenvalue weighted by atomic mass is 9.97. The Bertz CT molecular complexity index is 1530. The lowest BCUT2D eigenvalue weighted by molar-refractivity contribution is -0.356. The Hall–Kier alpha value is -4.76. The fraction of sp³-hybridized carbons (Fsp3) is 0.412. The Balaban J connectivity index is 1.53. The maximum absolute atomic E-state index is 13.9. The van der Waals surface area contributed by atoms with E-state index in [9.17, 15) is 9.59 Å². The SMILES string of the molecule is COc1cc(C(=O)O[C@@H]2[C@@H](OC(=O)c3cc(OC)c(OC)c(OC)c3)[C@@H](OC)O[C@@H]3CO[C@@H](c4ccccc4)O[C@@H]23)cc(OC)c1OC. The molecule has 6 atom stereocenters. The molecule has 258 valence electrons. The van der Waals surface area contributed by atoms with Gasteiger partial charge in [0.15, 0.2) is 47.8 Å². The van der Waals surface area contributed by atoms with Gasteiger partial charge in [-0.2, -0.15) is 0 Å². The predicted molar refractivity (Wildman–Crippen MR) is 166 cm³/mol. The molecule has 0 radical (unpaired) electrons. The predicted octanol–water partition coefficient (Wildman–Crippen LogP) is 3.97. The molecule has 0 amide bonds. The van der Waals surface area contributed by atoms with Gasteiger partial charge in [-0.25, -0.2) is 9.59 Å². The molecule has 0 saturated carbocycles. The average molecular weight is 671 g/mol. The van der Waals surface area contributed by atoms with Gasteiger partial charge in [-0.15, -0.1) is 0 Å². The minimum atomic E-state index is -1.32. The van der Waals surface area contributed by atoms with Crippen molar-refractivity contribution in [3.05, 3.63) is 71.3 Å². The van der Waals surface area contributed by atoms with Crippen LogP contribution >= 0.6 is 0 Å². The van der Waals surface area contributed by atoms with Crippen LogP contribution in [-0.4, -0.2) is 99.0 Å². The van der Waals surface area contributed by atoms with Crippen LogP contribution in [0.15, 0.2) is 54.6 Å². The van der Waals surface area contributed by atoms with Gasteiger partial charge in [-0.05, 0) is 24.3 Å². The van der Waals surface area contributed by atoms with E-state index in [1.54, 1.807) is 0 Å². The number of carbonyl (C=O) groups is 2. The largest absolute Gasteiger partial charge is 0.493 e. The number of methoxy groups -OCH3 is 7. The summed E-state index contributed by atoms with van der Waals surface area (Å²) in [5, 5.41) is 0. The van der Waals surface area contributed by atoms with Crippen LogP contribution in [0.1, 0.15) is 32.6 Å². The maximum atomic E-state index is 13.9. The van der Waals surface area contributed by atoms with Crippen LogP contribution < -0.4 is 28.4 Å². The van der Waals surface area contributed by atoms with Gasteiger partial charge in [0.2, 0.25) is 11.5 Å². The molecule has 3 aromatic rings. The number of benzene rings is 3. The molecule has 2 aliphatic rings. The molecule has 0 bridgehead atoms. The van der Waals surface area contributed by atoms with Crippen LogP contribution in [-0.2, 0) is 28.4 Å². The maximum Gasteiger partial charge on any atom is 0.339 e. The Morgan fingerprint density at radius 3 is 1.54 bits per heavy atom. The van der Waals surface area contributed by atoms with Gasteiger partial charge in [-0.3, -0.25) is 0 Å². The third kappa shape index (κ3) is 6.92. The molecular formula is C34H38O14. The van der Waals surface area contributed by atoms with E-state index < -0.39 is 48.9 Å². The van der Waals surface area contributed by atoms with Crippen molar-refractivity contribution in [2.24, 2.45) is 0 Å². The fourth-order valence-corrected chi connectivity index (χ4v) is 5.56. The fourth-order valence-electron chi connectivity index (χ4n) is 5.56. The summed E-state index contributed by atoms with van der Waals surface area (Å²) in [6.45, 7) is 0.0653. The number of ether oxygens (including phenoxy) is 12. The summed E-state index contributed by atoms with van der Waals surface area (Å²) in [6, 6.07) is 15.0. The summed E-state index contributed by atoms with van der Waals surface area (Å²) in [5.74, 6) is -0.0984. The van der Waals surface area contributed by atoms with Gasteiger partial charge in [0.1, 0.15) is 12.2 Å². The van der Waals surface area contributed by atoms with Crippen LogP contribution in [0.25, 0.3) is 0 Å². The highest BCUT2D eigenvalue weighted by Gasteiger charge is 2.54. The van der Waals surface area contributed by atoms with E-state index in [0.29, 0.717) is 0 Å². The molecule has 0 spiro atoms. The van der Waals surface area contributed by atoms with Crippen molar-refractivity contribution in [2.75, 3.05) is 56.4 Å². The van der Waals surface area contributed by atoms with Crippen LogP contribution in [0.2, 0.25) is 0 Å². The lowest BCUT2D eigenvalue weighted by Crippen LogP contribution is -2.64. The third-order valence-electron chi connectivity index (χ3n) is 7.87. The molecule has 2 aliphatic heterocycles. The second kappa shape index (κ2) is 15.4. The molecule has 5 rings (SSSR count). The van der Waals surface area contributed by atoms with Gasteiger partial charge in [-0.1, -0.05) is 30.3 Å². The van der Waals surface area contributed by atoms with E-state index in [4.69, 9.17) is 56.8 Å². The Kier molecular flexibility index (Phi) is 11.1. The zero-order valence-corrected chi connectivity index (χ0v) is 27.6. The molecule has 14 nitrogen and oxygen atoms in total. The van der Waals surface area contributed by atoms with Gasteiger partial charge in [0.05, 0.1) is 60.4 Å². The second-order valence-electron chi connectivity index (χ2n) is 10.5. The van der Waals surface area contributed by atoms with Crippen molar-refractivity contribution in [2.45, 2.75) is 37.0 Å². The van der Waals surface area contributed by atoms with E-state index in [1.165, 1.54) is 74.0 Å². The summed E-state index contributed by atoms with van der Waals surface area (Å²) in [4.78, 5) is 27.6. The summed E-state index contributed by atoms with van der Waals surface area (Å²) in [7, 11) is 9.97. The molecule has 2 saturated heterocycles. The van der Waals surface area contributed by atoms with Crippen LogP contribution in [0.4, 0.5) is 0 Å².